The lowest BCUT2D eigenvalue weighted by Crippen LogP contribution is -2.16. The molecule has 1 saturated carbocycles. The van der Waals surface area contributed by atoms with Crippen LogP contribution in [0.4, 0.5) is 17.1 Å². The van der Waals surface area contributed by atoms with E-state index in [1.54, 1.807) is 11.1 Å². The Bertz CT molecular complexity index is 2860. The number of nitrogens with zero attached hydrogens (tertiary/aromatic N) is 1. The van der Waals surface area contributed by atoms with Gasteiger partial charge in [-0.2, -0.15) is 0 Å². The van der Waals surface area contributed by atoms with Crippen LogP contribution in [0.3, 0.4) is 0 Å². The lowest BCUT2D eigenvalue weighted by atomic mass is 9.82. The van der Waals surface area contributed by atoms with Crippen molar-refractivity contribution >= 4 is 27.8 Å². The molecule has 0 bridgehead atoms. The first-order valence-electron chi connectivity index (χ1n) is 21.3. The van der Waals surface area contributed by atoms with E-state index in [-0.39, 0.29) is 5.41 Å². The summed E-state index contributed by atoms with van der Waals surface area (Å²) < 4.78 is 0. The van der Waals surface area contributed by atoms with Crippen molar-refractivity contribution in [2.45, 2.75) is 57.8 Å². The highest BCUT2D eigenvalue weighted by molar-refractivity contribution is 6.05. The van der Waals surface area contributed by atoms with E-state index in [0.717, 1.165) is 34.8 Å². The van der Waals surface area contributed by atoms with Gasteiger partial charge in [-0.15, -0.1) is 0 Å². The minimum atomic E-state index is -0.0980. The van der Waals surface area contributed by atoms with Gasteiger partial charge < -0.3 is 4.90 Å². The van der Waals surface area contributed by atoms with E-state index in [0.29, 0.717) is 5.92 Å². The summed E-state index contributed by atoms with van der Waals surface area (Å²) in [7, 11) is 0. The Morgan fingerprint density at radius 2 is 1.03 bits per heavy atom. The Hall–Kier alpha value is -6.18. The van der Waals surface area contributed by atoms with Crippen molar-refractivity contribution in [1.82, 2.24) is 0 Å². The maximum atomic E-state index is 2.53. The minimum absolute atomic E-state index is 0.0980. The molecule has 3 aliphatic rings. The molecule has 0 radical (unpaired) electrons. The quantitative estimate of drug-likeness (QED) is 0.164. The van der Waals surface area contributed by atoms with Crippen LogP contribution in [0.5, 0.6) is 0 Å². The van der Waals surface area contributed by atoms with Crippen molar-refractivity contribution in [3.8, 4) is 44.5 Å². The van der Waals surface area contributed by atoms with Crippen molar-refractivity contribution < 1.29 is 0 Å². The summed E-state index contributed by atoms with van der Waals surface area (Å²) in [6.07, 6.45) is 2.74. The third kappa shape index (κ3) is 5.36. The van der Waals surface area contributed by atoms with Crippen molar-refractivity contribution in [3.63, 3.8) is 0 Å². The number of hydrogen-bond acceptors (Lipinski definition) is 1. The van der Waals surface area contributed by atoms with Gasteiger partial charge in [-0.1, -0.05) is 173 Å². The maximum Gasteiger partial charge on any atom is 0.0540 e. The molecule has 0 spiro atoms. The molecule has 282 valence electrons. The van der Waals surface area contributed by atoms with Crippen LogP contribution >= 0.6 is 0 Å². The topological polar surface area (TPSA) is 3.24 Å². The monoisotopic (exact) mass is 747 g/mol. The van der Waals surface area contributed by atoms with E-state index >= 15 is 0 Å². The van der Waals surface area contributed by atoms with E-state index in [1.165, 1.54) is 79.2 Å². The molecule has 1 nitrogen and oxygen atoms in total. The van der Waals surface area contributed by atoms with Gasteiger partial charge in [0.1, 0.15) is 0 Å². The molecule has 4 unspecified atom stereocenters. The van der Waals surface area contributed by atoms with Gasteiger partial charge in [0.05, 0.1) is 5.69 Å². The standard InChI is InChI=1S/C57H49N/c1-36-22-29-43-37(2)52-34-40(25-30-51(52)56(36)43)45-33-32-44(47-17-8-9-18-48(45)47)39-23-26-41(27-24-39)58(55-21-13-11-16-46(55)38-14-6-5-7-15-38)42-28-31-50-49-19-10-12-20-53(49)57(3,4)54(50)35-42/h5-21,23-28,30-37,43,56H,22,29H2,1-4H3. The Morgan fingerprint density at radius 3 is 1.81 bits per heavy atom. The lowest BCUT2D eigenvalue weighted by Gasteiger charge is -2.30. The third-order valence-corrected chi connectivity index (χ3v) is 14.3. The van der Waals surface area contributed by atoms with Crippen LogP contribution < -0.4 is 4.90 Å². The van der Waals surface area contributed by atoms with Gasteiger partial charge in [0.2, 0.25) is 0 Å². The lowest BCUT2D eigenvalue weighted by molar-refractivity contribution is 0.424. The van der Waals surface area contributed by atoms with Crippen molar-refractivity contribution in [3.05, 3.63) is 198 Å². The van der Waals surface area contributed by atoms with Crippen molar-refractivity contribution in [2.75, 3.05) is 4.90 Å². The van der Waals surface area contributed by atoms with Crippen LogP contribution in [0.25, 0.3) is 55.3 Å². The average Bonchev–Trinajstić information content (AvgIpc) is 3.87. The Kier molecular flexibility index (Phi) is 8.12. The van der Waals surface area contributed by atoms with Crippen LogP contribution in [0, 0.1) is 11.8 Å². The predicted molar refractivity (Wildman–Crippen MR) is 246 cm³/mol. The molecule has 58 heavy (non-hydrogen) atoms. The van der Waals surface area contributed by atoms with Gasteiger partial charge >= 0.3 is 0 Å². The van der Waals surface area contributed by atoms with E-state index < -0.39 is 0 Å². The fourth-order valence-electron chi connectivity index (χ4n) is 11.4. The smallest absolute Gasteiger partial charge is 0.0540 e. The molecule has 3 aliphatic carbocycles. The van der Waals surface area contributed by atoms with Crippen LogP contribution in [-0.4, -0.2) is 0 Å². The van der Waals surface area contributed by atoms with Crippen LogP contribution in [0.2, 0.25) is 0 Å². The van der Waals surface area contributed by atoms with Gasteiger partial charge in [-0.3, -0.25) is 0 Å². The summed E-state index contributed by atoms with van der Waals surface area (Å²) in [5.41, 5.74) is 19.5. The number of rotatable bonds is 6. The predicted octanol–water partition coefficient (Wildman–Crippen LogP) is 15.9. The number of fused-ring (bicyclic) bond motifs is 7. The molecule has 11 rings (SSSR count). The molecule has 1 fully saturated rings. The molecule has 0 heterocycles. The zero-order chi connectivity index (χ0) is 39.1. The number of para-hydroxylation sites is 1. The van der Waals surface area contributed by atoms with Gasteiger partial charge in [-0.05, 0) is 139 Å². The molecule has 0 amide bonds. The molecule has 1 heteroatoms. The first-order valence-corrected chi connectivity index (χ1v) is 21.3. The summed E-state index contributed by atoms with van der Waals surface area (Å²) in [4.78, 5) is 2.45. The zero-order valence-corrected chi connectivity index (χ0v) is 33.9. The summed E-state index contributed by atoms with van der Waals surface area (Å²) in [6.45, 7) is 9.67. The molecule has 4 atom stereocenters. The molecule has 0 saturated heterocycles. The zero-order valence-electron chi connectivity index (χ0n) is 33.9. The molecule has 8 aromatic carbocycles. The second-order valence-electron chi connectivity index (χ2n) is 17.7. The molecule has 8 aromatic rings. The fourth-order valence-corrected chi connectivity index (χ4v) is 11.4. The van der Waals surface area contributed by atoms with Crippen LogP contribution in [0.15, 0.2) is 176 Å². The molecular formula is C57H49N. The van der Waals surface area contributed by atoms with E-state index in [2.05, 4.69) is 209 Å². The molecule has 0 N–H and O–H groups in total. The van der Waals surface area contributed by atoms with E-state index in [9.17, 15) is 0 Å². The summed E-state index contributed by atoms with van der Waals surface area (Å²) in [5, 5.41) is 2.60. The first-order chi connectivity index (χ1) is 28.4. The van der Waals surface area contributed by atoms with Gasteiger partial charge in [-0.25, -0.2) is 0 Å². The molecule has 0 aliphatic heterocycles. The highest BCUT2D eigenvalue weighted by Gasteiger charge is 2.44. The Balaban J connectivity index is 1.01. The second-order valence-corrected chi connectivity index (χ2v) is 17.7. The summed E-state index contributed by atoms with van der Waals surface area (Å²) in [5.74, 6) is 2.95. The van der Waals surface area contributed by atoms with Crippen molar-refractivity contribution in [1.29, 1.82) is 0 Å². The van der Waals surface area contributed by atoms with Crippen molar-refractivity contribution in [2.24, 2.45) is 11.8 Å². The normalized spacial score (nSPS) is 19.7. The average molecular weight is 748 g/mol. The van der Waals surface area contributed by atoms with Gasteiger partial charge in [0.15, 0.2) is 0 Å². The number of hydrogen-bond donors (Lipinski definition) is 0. The van der Waals surface area contributed by atoms with E-state index in [1.807, 2.05) is 0 Å². The summed E-state index contributed by atoms with van der Waals surface area (Å²) in [6, 6.07) is 66.0. The Labute approximate surface area is 343 Å². The van der Waals surface area contributed by atoms with Crippen LogP contribution in [-0.2, 0) is 5.41 Å². The maximum absolute atomic E-state index is 2.53. The van der Waals surface area contributed by atoms with Gasteiger partial charge in [0, 0.05) is 22.4 Å². The minimum Gasteiger partial charge on any atom is -0.310 e. The van der Waals surface area contributed by atoms with E-state index in [4.69, 9.17) is 0 Å². The highest BCUT2D eigenvalue weighted by Crippen LogP contribution is 2.58. The van der Waals surface area contributed by atoms with Gasteiger partial charge in [0.25, 0.3) is 0 Å². The highest BCUT2D eigenvalue weighted by atomic mass is 15.1. The first kappa shape index (κ1) is 35.0. The number of anilines is 3. The fraction of sp³-hybridized carbons (Fsp3) is 0.193. The Morgan fingerprint density at radius 1 is 0.448 bits per heavy atom. The molecular weight excluding hydrogens is 699 g/mol. The largest absolute Gasteiger partial charge is 0.310 e. The SMILES string of the molecule is CC1CCC2C(C)c3cc(-c4ccc(-c5ccc(N(c6ccc7c(c6)C(C)(C)c6ccccc6-7)c6ccccc6-c6ccccc6)cc5)c5ccccc45)ccc3C12. The summed E-state index contributed by atoms with van der Waals surface area (Å²) >= 11 is 0. The van der Waals surface area contributed by atoms with Crippen LogP contribution in [0.1, 0.15) is 74.6 Å². The third-order valence-electron chi connectivity index (χ3n) is 14.3. The molecule has 0 aromatic heterocycles. The second kappa shape index (κ2) is 13.5. The number of benzene rings is 8.